The molecule has 1 heterocycles. The number of carbonyl (C=O) groups excluding carboxylic acids is 3. The molecular formula is C16H23N3O4S. The zero-order valence-electron chi connectivity index (χ0n) is 14.2. The molecule has 1 aliphatic rings. The molecule has 2 amide bonds. The topological polar surface area (TPSA) is 97.4 Å². The third-order valence-electron chi connectivity index (χ3n) is 4.00. The van der Waals surface area contributed by atoms with Crippen LogP contribution in [0.25, 0.3) is 0 Å². The summed E-state index contributed by atoms with van der Waals surface area (Å²) in [5.74, 6) is -0.826. The maximum atomic E-state index is 12.6. The molecule has 8 heteroatoms. The van der Waals surface area contributed by atoms with Gasteiger partial charge in [0.25, 0.3) is 0 Å². The van der Waals surface area contributed by atoms with Gasteiger partial charge in [-0.25, -0.2) is 9.78 Å². The summed E-state index contributed by atoms with van der Waals surface area (Å²) < 4.78 is 4.97. The summed E-state index contributed by atoms with van der Waals surface area (Å²) in [5, 5.41) is 5.81. The van der Waals surface area contributed by atoms with Crippen molar-refractivity contribution in [2.45, 2.75) is 52.5 Å². The van der Waals surface area contributed by atoms with Crippen LogP contribution in [0.15, 0.2) is 0 Å². The molecule has 1 atom stereocenters. The van der Waals surface area contributed by atoms with Crippen molar-refractivity contribution in [3.63, 3.8) is 0 Å². The minimum absolute atomic E-state index is 0.138. The van der Waals surface area contributed by atoms with Gasteiger partial charge in [-0.1, -0.05) is 24.2 Å². The number of esters is 1. The van der Waals surface area contributed by atoms with Crippen LogP contribution < -0.4 is 10.6 Å². The molecule has 0 saturated heterocycles. The molecule has 1 aromatic heterocycles. The number of ether oxygens (including phenoxy) is 1. The highest BCUT2D eigenvalue weighted by molar-refractivity contribution is 7.17. The molecule has 1 fully saturated rings. The molecule has 24 heavy (non-hydrogen) atoms. The first-order valence-corrected chi connectivity index (χ1v) is 8.96. The van der Waals surface area contributed by atoms with E-state index in [0.29, 0.717) is 15.7 Å². The second kappa shape index (κ2) is 8.23. The standard InChI is InChI=1S/C16H23N3O4S/c1-4-23-15(22)13-9(2)17-16(24-13)19-14(21)12(18-10(3)20)11-7-5-6-8-11/h11-12H,4-8H2,1-3H3,(H,18,20)(H,17,19,21). The summed E-state index contributed by atoms with van der Waals surface area (Å²) in [6.45, 7) is 5.11. The average molecular weight is 353 g/mol. The zero-order chi connectivity index (χ0) is 17.7. The maximum Gasteiger partial charge on any atom is 0.350 e. The zero-order valence-corrected chi connectivity index (χ0v) is 15.0. The number of hydrogen-bond donors (Lipinski definition) is 2. The van der Waals surface area contributed by atoms with E-state index >= 15 is 0 Å². The maximum absolute atomic E-state index is 12.6. The number of rotatable bonds is 6. The second-order valence-electron chi connectivity index (χ2n) is 5.87. The van der Waals surface area contributed by atoms with E-state index in [-0.39, 0.29) is 24.3 Å². The van der Waals surface area contributed by atoms with Gasteiger partial charge < -0.3 is 15.4 Å². The molecule has 0 aromatic carbocycles. The van der Waals surface area contributed by atoms with Crippen LogP contribution in [0.2, 0.25) is 0 Å². The number of aryl methyl sites for hydroxylation is 1. The van der Waals surface area contributed by atoms with Crippen LogP contribution in [0.5, 0.6) is 0 Å². The fraction of sp³-hybridized carbons (Fsp3) is 0.625. The molecule has 2 N–H and O–H groups in total. The lowest BCUT2D eigenvalue weighted by atomic mass is 9.97. The Bertz CT molecular complexity index is 623. The van der Waals surface area contributed by atoms with E-state index in [2.05, 4.69) is 15.6 Å². The van der Waals surface area contributed by atoms with E-state index < -0.39 is 12.0 Å². The van der Waals surface area contributed by atoms with Crippen molar-refractivity contribution in [2.75, 3.05) is 11.9 Å². The molecule has 7 nitrogen and oxygen atoms in total. The fourth-order valence-electron chi connectivity index (χ4n) is 2.93. The first kappa shape index (κ1) is 18.4. The number of aromatic nitrogens is 1. The van der Waals surface area contributed by atoms with E-state index in [0.717, 1.165) is 37.0 Å². The summed E-state index contributed by atoms with van der Waals surface area (Å²) in [4.78, 5) is 40.4. The molecule has 132 valence electrons. The molecule has 0 radical (unpaired) electrons. The van der Waals surface area contributed by atoms with Gasteiger partial charge in [0.05, 0.1) is 12.3 Å². The number of carbonyl (C=O) groups is 3. The Labute approximate surface area is 145 Å². The van der Waals surface area contributed by atoms with Crippen LogP contribution >= 0.6 is 11.3 Å². The predicted molar refractivity (Wildman–Crippen MR) is 91.0 cm³/mol. The van der Waals surface area contributed by atoms with Crippen molar-refractivity contribution >= 4 is 34.3 Å². The van der Waals surface area contributed by atoms with Crippen molar-refractivity contribution in [1.82, 2.24) is 10.3 Å². The highest BCUT2D eigenvalue weighted by atomic mass is 32.1. The number of hydrogen-bond acceptors (Lipinski definition) is 6. The van der Waals surface area contributed by atoms with E-state index in [4.69, 9.17) is 4.74 Å². The quantitative estimate of drug-likeness (QED) is 0.765. The van der Waals surface area contributed by atoms with Gasteiger partial charge in [-0.3, -0.25) is 9.59 Å². The van der Waals surface area contributed by atoms with Gasteiger partial charge in [0.2, 0.25) is 11.8 Å². The van der Waals surface area contributed by atoms with Gasteiger partial charge in [-0.05, 0) is 32.6 Å². The van der Waals surface area contributed by atoms with Crippen LogP contribution in [0, 0.1) is 12.8 Å². The molecule has 0 bridgehead atoms. The van der Waals surface area contributed by atoms with Crippen LogP contribution in [0.1, 0.15) is 54.9 Å². The Morgan fingerprint density at radius 2 is 2.00 bits per heavy atom. The Morgan fingerprint density at radius 3 is 2.58 bits per heavy atom. The summed E-state index contributed by atoms with van der Waals surface area (Å²) in [7, 11) is 0. The van der Waals surface area contributed by atoms with Gasteiger partial charge in [0.1, 0.15) is 10.9 Å². The van der Waals surface area contributed by atoms with Gasteiger partial charge >= 0.3 is 5.97 Å². The minimum Gasteiger partial charge on any atom is -0.462 e. The first-order chi connectivity index (χ1) is 11.4. The summed E-state index contributed by atoms with van der Waals surface area (Å²) in [6.07, 6.45) is 3.97. The first-order valence-electron chi connectivity index (χ1n) is 8.14. The number of thiazole rings is 1. The lowest BCUT2D eigenvalue weighted by molar-refractivity contribution is -0.126. The largest absolute Gasteiger partial charge is 0.462 e. The molecule has 0 aliphatic heterocycles. The molecule has 1 aliphatic carbocycles. The number of anilines is 1. The normalized spacial score (nSPS) is 15.8. The van der Waals surface area contributed by atoms with Crippen molar-refractivity contribution < 1.29 is 19.1 Å². The number of nitrogens with one attached hydrogen (secondary N) is 2. The summed E-state index contributed by atoms with van der Waals surface area (Å²) in [5.41, 5.74) is 0.519. The Morgan fingerprint density at radius 1 is 1.33 bits per heavy atom. The van der Waals surface area contributed by atoms with Crippen molar-refractivity contribution in [3.8, 4) is 0 Å². The van der Waals surface area contributed by atoms with E-state index in [1.807, 2.05) is 0 Å². The SMILES string of the molecule is CCOC(=O)c1sc(NC(=O)C(NC(C)=O)C2CCCC2)nc1C. The number of amides is 2. The summed E-state index contributed by atoms with van der Waals surface area (Å²) >= 11 is 1.08. The van der Waals surface area contributed by atoms with Gasteiger partial charge in [-0.15, -0.1) is 0 Å². The second-order valence-corrected chi connectivity index (χ2v) is 6.87. The molecule has 1 saturated carbocycles. The predicted octanol–water partition coefficient (Wildman–Crippen LogP) is 2.26. The van der Waals surface area contributed by atoms with Gasteiger partial charge in [0, 0.05) is 6.92 Å². The smallest absolute Gasteiger partial charge is 0.350 e. The summed E-state index contributed by atoms with van der Waals surface area (Å²) in [6, 6.07) is -0.569. The Kier molecular flexibility index (Phi) is 6.30. The lowest BCUT2D eigenvalue weighted by Gasteiger charge is -2.22. The molecule has 1 unspecified atom stereocenters. The Balaban J connectivity index is 2.10. The van der Waals surface area contributed by atoms with Gasteiger partial charge in [-0.2, -0.15) is 0 Å². The molecule has 2 rings (SSSR count). The van der Waals surface area contributed by atoms with Crippen molar-refractivity contribution in [2.24, 2.45) is 5.92 Å². The molecule has 1 aromatic rings. The third-order valence-corrected chi connectivity index (χ3v) is 5.05. The minimum atomic E-state index is -0.569. The van der Waals surface area contributed by atoms with Gasteiger partial charge in [0.15, 0.2) is 5.13 Å². The van der Waals surface area contributed by atoms with Crippen molar-refractivity contribution in [1.29, 1.82) is 0 Å². The van der Waals surface area contributed by atoms with Crippen LogP contribution in [0.3, 0.4) is 0 Å². The number of nitrogens with zero attached hydrogens (tertiary/aromatic N) is 1. The van der Waals surface area contributed by atoms with Crippen LogP contribution in [-0.4, -0.2) is 35.4 Å². The highest BCUT2D eigenvalue weighted by Crippen LogP contribution is 2.29. The molecule has 0 spiro atoms. The monoisotopic (exact) mass is 353 g/mol. The van der Waals surface area contributed by atoms with Crippen LogP contribution in [0.4, 0.5) is 5.13 Å². The average Bonchev–Trinajstić information content (AvgIpc) is 3.14. The van der Waals surface area contributed by atoms with E-state index in [9.17, 15) is 14.4 Å². The van der Waals surface area contributed by atoms with Crippen LogP contribution in [-0.2, 0) is 14.3 Å². The van der Waals surface area contributed by atoms with E-state index in [1.165, 1.54) is 6.92 Å². The molecular weight excluding hydrogens is 330 g/mol. The Hall–Kier alpha value is -1.96. The third kappa shape index (κ3) is 4.53. The van der Waals surface area contributed by atoms with Crippen molar-refractivity contribution in [3.05, 3.63) is 10.6 Å². The van der Waals surface area contributed by atoms with E-state index in [1.54, 1.807) is 13.8 Å². The fourth-order valence-corrected chi connectivity index (χ4v) is 3.79. The lowest BCUT2D eigenvalue weighted by Crippen LogP contribution is -2.47. The highest BCUT2D eigenvalue weighted by Gasteiger charge is 2.32.